The van der Waals surface area contributed by atoms with Gasteiger partial charge in [0, 0.05) is 18.3 Å². The summed E-state index contributed by atoms with van der Waals surface area (Å²) < 4.78 is 5.31. The molecule has 2 rings (SSSR count). The summed E-state index contributed by atoms with van der Waals surface area (Å²) in [5, 5.41) is 2.92. The van der Waals surface area contributed by atoms with Crippen LogP contribution in [0, 0.1) is 5.92 Å². The van der Waals surface area contributed by atoms with E-state index in [9.17, 15) is 4.79 Å². The molecular weight excluding hydrogens is 228 g/mol. The minimum absolute atomic E-state index is 0.0153. The number of nitrogens with two attached hydrogens (primary N) is 1. The number of hydrogen-bond acceptors (Lipinski definition) is 3. The lowest BCUT2D eigenvalue weighted by Crippen LogP contribution is -2.30. The Morgan fingerprint density at radius 3 is 2.72 bits per heavy atom. The van der Waals surface area contributed by atoms with Crippen LogP contribution in [-0.4, -0.2) is 19.1 Å². The predicted molar refractivity (Wildman–Crippen MR) is 71.2 cm³/mol. The number of anilines is 1. The number of carbonyl (C=O) groups is 1. The summed E-state index contributed by atoms with van der Waals surface area (Å²) in [6.07, 6.45) is 1.87. The summed E-state index contributed by atoms with van der Waals surface area (Å²) in [7, 11) is 0. The van der Waals surface area contributed by atoms with Gasteiger partial charge in [0.25, 0.3) is 0 Å². The average Bonchev–Trinajstić information content (AvgIpc) is 2.40. The first kappa shape index (κ1) is 13.1. The third-order valence-electron chi connectivity index (χ3n) is 3.24. The van der Waals surface area contributed by atoms with E-state index in [0.29, 0.717) is 6.61 Å². The molecule has 1 aromatic carbocycles. The maximum Gasteiger partial charge on any atom is 0.229 e. The zero-order chi connectivity index (χ0) is 13.0. The van der Waals surface area contributed by atoms with Gasteiger partial charge in [-0.15, -0.1) is 0 Å². The van der Waals surface area contributed by atoms with Crippen LogP contribution in [0.4, 0.5) is 5.69 Å². The molecule has 18 heavy (non-hydrogen) atoms. The van der Waals surface area contributed by atoms with Crippen LogP contribution >= 0.6 is 0 Å². The van der Waals surface area contributed by atoms with E-state index in [1.165, 1.54) is 0 Å². The number of hydrogen-bond donors (Lipinski definition) is 2. The molecule has 0 bridgehead atoms. The molecule has 2 atom stereocenters. The summed E-state index contributed by atoms with van der Waals surface area (Å²) in [4.78, 5) is 12.0. The Balaban J connectivity index is 1.94. The highest BCUT2D eigenvalue weighted by molar-refractivity contribution is 5.92. The van der Waals surface area contributed by atoms with Crippen molar-refractivity contribution in [3.05, 3.63) is 29.8 Å². The first-order valence-electron chi connectivity index (χ1n) is 6.41. The van der Waals surface area contributed by atoms with Crippen LogP contribution < -0.4 is 11.1 Å². The predicted octanol–water partition coefficient (Wildman–Crippen LogP) is 2.07. The fourth-order valence-corrected chi connectivity index (χ4v) is 2.06. The molecule has 4 nitrogen and oxygen atoms in total. The van der Waals surface area contributed by atoms with Crippen molar-refractivity contribution in [1.82, 2.24) is 0 Å². The van der Waals surface area contributed by atoms with Gasteiger partial charge in [0.05, 0.1) is 12.5 Å². The van der Waals surface area contributed by atoms with Crippen LogP contribution in [0.25, 0.3) is 0 Å². The Labute approximate surface area is 108 Å². The zero-order valence-corrected chi connectivity index (χ0v) is 10.7. The minimum Gasteiger partial charge on any atom is -0.381 e. The van der Waals surface area contributed by atoms with Gasteiger partial charge in [-0.2, -0.15) is 0 Å². The molecule has 1 aromatic rings. The first-order valence-corrected chi connectivity index (χ1v) is 6.41. The minimum atomic E-state index is -0.0214. The van der Waals surface area contributed by atoms with Crippen molar-refractivity contribution in [3.63, 3.8) is 0 Å². The van der Waals surface area contributed by atoms with E-state index in [-0.39, 0.29) is 17.9 Å². The Hall–Kier alpha value is -1.39. The third-order valence-corrected chi connectivity index (χ3v) is 3.24. The summed E-state index contributed by atoms with van der Waals surface area (Å²) in [5.41, 5.74) is 7.66. The van der Waals surface area contributed by atoms with Gasteiger partial charge in [-0.1, -0.05) is 12.1 Å². The molecule has 98 valence electrons. The van der Waals surface area contributed by atoms with E-state index in [1.54, 1.807) is 0 Å². The second-order valence-corrected chi connectivity index (χ2v) is 4.81. The second kappa shape index (κ2) is 5.98. The van der Waals surface area contributed by atoms with Crippen LogP contribution in [0.3, 0.4) is 0 Å². The van der Waals surface area contributed by atoms with Gasteiger partial charge in [-0.05, 0) is 37.5 Å². The highest BCUT2D eigenvalue weighted by Crippen LogP contribution is 2.18. The number of ether oxygens (including phenoxy) is 1. The van der Waals surface area contributed by atoms with E-state index in [0.717, 1.165) is 30.7 Å². The number of rotatable bonds is 3. The molecular formula is C14H20N2O2. The van der Waals surface area contributed by atoms with E-state index < -0.39 is 0 Å². The SMILES string of the molecule is CC(N)c1ccc(NC(=O)C2CCCOC2)cc1. The number of carbonyl (C=O) groups excluding carboxylic acids is 1. The quantitative estimate of drug-likeness (QED) is 0.860. The van der Waals surface area contributed by atoms with Gasteiger partial charge in [0.2, 0.25) is 5.91 Å². The molecule has 0 saturated carbocycles. The Kier molecular flexibility index (Phi) is 4.33. The largest absolute Gasteiger partial charge is 0.381 e. The third kappa shape index (κ3) is 3.31. The average molecular weight is 248 g/mol. The molecule has 0 aliphatic carbocycles. The number of amides is 1. The van der Waals surface area contributed by atoms with E-state index in [1.807, 2.05) is 31.2 Å². The zero-order valence-electron chi connectivity index (χ0n) is 10.7. The molecule has 1 aliphatic rings. The summed E-state index contributed by atoms with van der Waals surface area (Å²) in [6, 6.07) is 7.68. The molecule has 2 unspecified atom stereocenters. The van der Waals surface area contributed by atoms with Crippen LogP contribution in [0.5, 0.6) is 0 Å². The Bertz CT molecular complexity index is 395. The molecule has 1 fully saturated rings. The highest BCUT2D eigenvalue weighted by atomic mass is 16.5. The van der Waals surface area contributed by atoms with Crippen molar-refractivity contribution >= 4 is 11.6 Å². The topological polar surface area (TPSA) is 64.3 Å². The van der Waals surface area contributed by atoms with Gasteiger partial charge in [0.1, 0.15) is 0 Å². The maximum absolute atomic E-state index is 12.0. The van der Waals surface area contributed by atoms with Crippen LogP contribution in [0.1, 0.15) is 31.4 Å². The van der Waals surface area contributed by atoms with E-state index in [4.69, 9.17) is 10.5 Å². The molecule has 1 amide bonds. The molecule has 0 aromatic heterocycles. The molecule has 4 heteroatoms. The molecule has 1 saturated heterocycles. The maximum atomic E-state index is 12.0. The van der Waals surface area contributed by atoms with Crippen molar-refractivity contribution in [2.75, 3.05) is 18.5 Å². The molecule has 1 heterocycles. The van der Waals surface area contributed by atoms with Crippen molar-refractivity contribution in [3.8, 4) is 0 Å². The number of nitrogens with one attached hydrogen (secondary N) is 1. The normalized spacial score (nSPS) is 21.3. The fraction of sp³-hybridized carbons (Fsp3) is 0.500. The molecule has 1 aliphatic heterocycles. The van der Waals surface area contributed by atoms with Gasteiger partial charge in [-0.3, -0.25) is 4.79 Å². The van der Waals surface area contributed by atoms with Crippen molar-refractivity contribution in [2.24, 2.45) is 11.7 Å². The van der Waals surface area contributed by atoms with Gasteiger partial charge >= 0.3 is 0 Å². The fourth-order valence-electron chi connectivity index (χ4n) is 2.06. The lowest BCUT2D eigenvalue weighted by molar-refractivity contribution is -0.123. The standard InChI is InChI=1S/C14H20N2O2/c1-10(15)11-4-6-13(7-5-11)16-14(17)12-3-2-8-18-9-12/h4-7,10,12H,2-3,8-9,15H2,1H3,(H,16,17). The smallest absolute Gasteiger partial charge is 0.229 e. The first-order chi connectivity index (χ1) is 8.66. The van der Waals surface area contributed by atoms with Gasteiger partial charge < -0.3 is 15.8 Å². The van der Waals surface area contributed by atoms with E-state index >= 15 is 0 Å². The molecule has 0 spiro atoms. The molecule has 3 N–H and O–H groups in total. The number of benzene rings is 1. The lowest BCUT2D eigenvalue weighted by atomic mass is 10.0. The van der Waals surface area contributed by atoms with Crippen LogP contribution in [-0.2, 0) is 9.53 Å². The summed E-state index contributed by atoms with van der Waals surface area (Å²) in [5.74, 6) is 0.0232. The van der Waals surface area contributed by atoms with Crippen LogP contribution in [0.15, 0.2) is 24.3 Å². The Morgan fingerprint density at radius 2 is 2.17 bits per heavy atom. The lowest BCUT2D eigenvalue weighted by Gasteiger charge is -2.21. The Morgan fingerprint density at radius 1 is 1.44 bits per heavy atom. The summed E-state index contributed by atoms with van der Waals surface area (Å²) >= 11 is 0. The van der Waals surface area contributed by atoms with Crippen molar-refractivity contribution < 1.29 is 9.53 Å². The van der Waals surface area contributed by atoms with Gasteiger partial charge in [0.15, 0.2) is 0 Å². The van der Waals surface area contributed by atoms with Crippen molar-refractivity contribution in [2.45, 2.75) is 25.8 Å². The van der Waals surface area contributed by atoms with Crippen LogP contribution in [0.2, 0.25) is 0 Å². The second-order valence-electron chi connectivity index (χ2n) is 4.81. The van der Waals surface area contributed by atoms with E-state index in [2.05, 4.69) is 5.32 Å². The summed E-state index contributed by atoms with van der Waals surface area (Å²) in [6.45, 7) is 3.24. The highest BCUT2D eigenvalue weighted by Gasteiger charge is 2.21. The van der Waals surface area contributed by atoms with Gasteiger partial charge in [-0.25, -0.2) is 0 Å². The van der Waals surface area contributed by atoms with Crippen molar-refractivity contribution in [1.29, 1.82) is 0 Å². The molecule has 0 radical (unpaired) electrons. The monoisotopic (exact) mass is 248 g/mol.